The Bertz CT molecular complexity index is 653. The van der Waals surface area contributed by atoms with Gasteiger partial charge in [0.05, 0.1) is 19.4 Å². The largest absolute Gasteiger partial charge is 0.506 e. The fourth-order valence-electron chi connectivity index (χ4n) is 2.06. The van der Waals surface area contributed by atoms with Crippen LogP contribution in [0.5, 0.6) is 17.2 Å². The summed E-state index contributed by atoms with van der Waals surface area (Å²) in [6.07, 6.45) is 0.911. The van der Waals surface area contributed by atoms with Gasteiger partial charge in [-0.3, -0.25) is 4.79 Å². The summed E-state index contributed by atoms with van der Waals surface area (Å²) in [5.41, 5.74) is 1.41. The van der Waals surface area contributed by atoms with Gasteiger partial charge in [-0.2, -0.15) is 0 Å². The maximum Gasteiger partial charge on any atom is 0.224 e. The summed E-state index contributed by atoms with van der Waals surface area (Å²) >= 11 is 0. The summed E-state index contributed by atoms with van der Waals surface area (Å²) < 4.78 is 10.6. The van der Waals surface area contributed by atoms with Crippen LogP contribution in [0.15, 0.2) is 42.5 Å². The minimum atomic E-state index is -0.149. The molecule has 2 aromatic rings. The molecule has 0 radical (unpaired) electrons. The highest BCUT2D eigenvalue weighted by molar-refractivity contribution is 5.92. The van der Waals surface area contributed by atoms with Crippen molar-refractivity contribution in [2.24, 2.45) is 0 Å². The highest BCUT2D eigenvalue weighted by atomic mass is 16.5. The topological polar surface area (TPSA) is 67.8 Å². The first-order chi connectivity index (χ1) is 11.1. The van der Waals surface area contributed by atoms with E-state index in [9.17, 15) is 9.90 Å². The average Bonchev–Trinajstić information content (AvgIpc) is 2.55. The number of amides is 1. The van der Waals surface area contributed by atoms with Gasteiger partial charge in [-0.05, 0) is 55.3 Å². The fourth-order valence-corrected chi connectivity index (χ4v) is 2.06. The third-order valence-electron chi connectivity index (χ3n) is 3.30. The number of anilines is 1. The molecule has 0 saturated carbocycles. The summed E-state index contributed by atoms with van der Waals surface area (Å²) in [6.45, 7) is 2.34. The minimum absolute atomic E-state index is 0.0680. The van der Waals surface area contributed by atoms with Gasteiger partial charge in [-0.25, -0.2) is 0 Å². The van der Waals surface area contributed by atoms with Crippen molar-refractivity contribution in [3.63, 3.8) is 0 Å². The van der Waals surface area contributed by atoms with Crippen molar-refractivity contribution in [2.75, 3.05) is 19.0 Å². The predicted octanol–water partition coefficient (Wildman–Crippen LogP) is 3.51. The fraction of sp³-hybridized carbons (Fsp3) is 0.278. The second-order valence-electron chi connectivity index (χ2n) is 5.20. The molecule has 1 amide bonds. The van der Waals surface area contributed by atoms with E-state index < -0.39 is 0 Å². The lowest BCUT2D eigenvalue weighted by Crippen LogP contribution is -2.13. The molecule has 23 heavy (non-hydrogen) atoms. The zero-order valence-electron chi connectivity index (χ0n) is 13.3. The minimum Gasteiger partial charge on any atom is -0.506 e. The van der Waals surface area contributed by atoms with E-state index in [0.29, 0.717) is 25.1 Å². The van der Waals surface area contributed by atoms with Crippen LogP contribution in [0.3, 0.4) is 0 Å². The molecule has 5 heteroatoms. The van der Waals surface area contributed by atoms with Crippen molar-refractivity contribution in [3.05, 3.63) is 48.0 Å². The second-order valence-corrected chi connectivity index (χ2v) is 5.20. The molecular formula is C18H21NO4. The standard InChI is InChI=1S/C18H21NO4/c1-13-5-10-17(20)16(12-13)19-18(21)4-3-11-23-15-8-6-14(22-2)7-9-15/h5-10,12,20H,3-4,11H2,1-2H3,(H,19,21). The molecule has 0 spiro atoms. The van der Waals surface area contributed by atoms with Crippen molar-refractivity contribution in [1.82, 2.24) is 0 Å². The number of ether oxygens (including phenoxy) is 2. The van der Waals surface area contributed by atoms with E-state index in [1.807, 2.05) is 31.2 Å². The van der Waals surface area contributed by atoms with Crippen LogP contribution in [-0.4, -0.2) is 24.7 Å². The van der Waals surface area contributed by atoms with Gasteiger partial charge in [0.25, 0.3) is 0 Å². The van der Waals surface area contributed by atoms with Crippen molar-refractivity contribution in [1.29, 1.82) is 0 Å². The zero-order valence-corrected chi connectivity index (χ0v) is 13.3. The van der Waals surface area contributed by atoms with Crippen LogP contribution in [0.2, 0.25) is 0 Å². The number of carbonyl (C=O) groups excluding carboxylic acids is 1. The van der Waals surface area contributed by atoms with Gasteiger partial charge in [-0.15, -0.1) is 0 Å². The van der Waals surface area contributed by atoms with Gasteiger partial charge >= 0.3 is 0 Å². The average molecular weight is 315 g/mol. The molecule has 0 aliphatic rings. The number of rotatable bonds is 7. The van der Waals surface area contributed by atoms with Crippen LogP contribution in [0.1, 0.15) is 18.4 Å². The third-order valence-corrected chi connectivity index (χ3v) is 3.30. The van der Waals surface area contributed by atoms with Crippen LogP contribution in [0.4, 0.5) is 5.69 Å². The van der Waals surface area contributed by atoms with Gasteiger partial charge < -0.3 is 19.9 Å². The van der Waals surface area contributed by atoms with E-state index in [-0.39, 0.29) is 11.7 Å². The van der Waals surface area contributed by atoms with E-state index in [4.69, 9.17) is 9.47 Å². The molecule has 0 aliphatic heterocycles. The van der Waals surface area contributed by atoms with E-state index in [2.05, 4.69) is 5.32 Å². The quantitative estimate of drug-likeness (QED) is 0.606. The van der Waals surface area contributed by atoms with E-state index in [0.717, 1.165) is 17.1 Å². The molecule has 0 bridgehead atoms. The Kier molecular flexibility index (Phi) is 5.86. The smallest absolute Gasteiger partial charge is 0.224 e. The van der Waals surface area contributed by atoms with Crippen LogP contribution in [0, 0.1) is 6.92 Å². The first-order valence-electron chi connectivity index (χ1n) is 7.45. The van der Waals surface area contributed by atoms with Crippen molar-refractivity contribution in [2.45, 2.75) is 19.8 Å². The summed E-state index contributed by atoms with van der Waals surface area (Å²) in [7, 11) is 1.61. The van der Waals surface area contributed by atoms with Crippen LogP contribution < -0.4 is 14.8 Å². The maximum atomic E-state index is 11.9. The summed E-state index contributed by atoms with van der Waals surface area (Å²) in [5, 5.41) is 12.4. The molecule has 0 heterocycles. The number of nitrogens with one attached hydrogen (secondary N) is 1. The number of hydrogen-bond donors (Lipinski definition) is 2. The Balaban J connectivity index is 1.73. The number of phenols is 1. The van der Waals surface area contributed by atoms with Crippen molar-refractivity contribution >= 4 is 11.6 Å². The van der Waals surface area contributed by atoms with Gasteiger partial charge in [0, 0.05) is 6.42 Å². The number of aromatic hydroxyl groups is 1. The molecule has 5 nitrogen and oxygen atoms in total. The first-order valence-corrected chi connectivity index (χ1v) is 7.45. The highest BCUT2D eigenvalue weighted by Crippen LogP contribution is 2.24. The van der Waals surface area contributed by atoms with Crippen molar-refractivity contribution < 1.29 is 19.4 Å². The molecule has 0 aromatic heterocycles. The van der Waals surface area contributed by atoms with Gasteiger partial charge in [0.2, 0.25) is 5.91 Å². The van der Waals surface area contributed by atoms with Crippen LogP contribution in [0.25, 0.3) is 0 Å². The Morgan fingerprint density at radius 3 is 2.52 bits per heavy atom. The molecule has 0 atom stereocenters. The van der Waals surface area contributed by atoms with Crippen LogP contribution >= 0.6 is 0 Å². The lowest BCUT2D eigenvalue weighted by molar-refractivity contribution is -0.116. The molecule has 122 valence electrons. The Morgan fingerprint density at radius 2 is 1.83 bits per heavy atom. The molecule has 0 saturated heterocycles. The summed E-state index contributed by atoms with van der Waals surface area (Å²) in [5.74, 6) is 1.43. The van der Waals surface area contributed by atoms with E-state index in [1.54, 1.807) is 25.3 Å². The number of methoxy groups -OCH3 is 1. The van der Waals surface area contributed by atoms with E-state index in [1.165, 1.54) is 0 Å². The number of carbonyl (C=O) groups is 1. The normalized spacial score (nSPS) is 10.2. The zero-order chi connectivity index (χ0) is 16.7. The number of benzene rings is 2. The lowest BCUT2D eigenvalue weighted by Gasteiger charge is -2.09. The molecule has 2 N–H and O–H groups in total. The highest BCUT2D eigenvalue weighted by Gasteiger charge is 2.06. The lowest BCUT2D eigenvalue weighted by atomic mass is 10.2. The summed E-state index contributed by atoms with van der Waals surface area (Å²) in [4.78, 5) is 11.9. The Hall–Kier alpha value is -2.69. The van der Waals surface area contributed by atoms with Crippen LogP contribution in [-0.2, 0) is 4.79 Å². The molecule has 0 fully saturated rings. The van der Waals surface area contributed by atoms with Crippen molar-refractivity contribution in [3.8, 4) is 17.2 Å². The van der Waals surface area contributed by atoms with Gasteiger partial charge in [-0.1, -0.05) is 6.07 Å². The molecule has 2 aromatic carbocycles. The SMILES string of the molecule is COc1ccc(OCCCC(=O)Nc2cc(C)ccc2O)cc1. The monoisotopic (exact) mass is 315 g/mol. The Labute approximate surface area is 135 Å². The predicted molar refractivity (Wildman–Crippen MR) is 89.2 cm³/mol. The molecule has 0 aliphatic carbocycles. The third kappa shape index (κ3) is 5.21. The molecule has 0 unspecified atom stereocenters. The number of hydrogen-bond acceptors (Lipinski definition) is 4. The first kappa shape index (κ1) is 16.7. The Morgan fingerprint density at radius 1 is 1.13 bits per heavy atom. The maximum absolute atomic E-state index is 11.9. The second kappa shape index (κ2) is 8.08. The molecule has 2 rings (SSSR count). The molecular weight excluding hydrogens is 294 g/mol. The number of aryl methyl sites for hydroxylation is 1. The van der Waals surface area contributed by atoms with E-state index >= 15 is 0 Å². The number of phenolic OH excluding ortho intramolecular Hbond substituents is 1. The van der Waals surface area contributed by atoms with Gasteiger partial charge in [0.1, 0.15) is 17.2 Å². The van der Waals surface area contributed by atoms with Gasteiger partial charge in [0.15, 0.2) is 0 Å². The summed E-state index contributed by atoms with van der Waals surface area (Å²) in [6, 6.07) is 12.4.